The number of halogens is 1. The summed E-state index contributed by atoms with van der Waals surface area (Å²) in [6.45, 7) is 0. The molecule has 0 bridgehead atoms. The number of pyridine rings is 1. The fourth-order valence-corrected chi connectivity index (χ4v) is 3.56. The van der Waals surface area contributed by atoms with Crippen molar-refractivity contribution in [1.29, 1.82) is 0 Å². The Kier molecular flexibility index (Phi) is 3.85. The highest BCUT2D eigenvalue weighted by Gasteiger charge is 2.25. The minimum Gasteiger partial charge on any atom is -0.386 e. The molecule has 1 aliphatic carbocycles. The molecule has 2 aromatic rings. The van der Waals surface area contributed by atoms with Crippen LogP contribution in [0, 0.1) is 5.92 Å². The molecule has 1 atom stereocenters. The highest BCUT2D eigenvalue weighted by molar-refractivity contribution is 9.10. The van der Waals surface area contributed by atoms with Gasteiger partial charge < -0.3 is 5.11 Å². The van der Waals surface area contributed by atoms with E-state index in [4.69, 9.17) is 0 Å². The molecule has 0 aliphatic heterocycles. The van der Waals surface area contributed by atoms with Gasteiger partial charge in [-0.3, -0.25) is 0 Å². The molecular formula is C16H18BrNO. The number of aromatic nitrogens is 1. The third kappa shape index (κ3) is 2.67. The summed E-state index contributed by atoms with van der Waals surface area (Å²) >= 11 is 3.56. The molecule has 19 heavy (non-hydrogen) atoms. The second-order valence-electron chi connectivity index (χ2n) is 5.39. The van der Waals surface area contributed by atoms with Gasteiger partial charge in [-0.05, 0) is 46.8 Å². The van der Waals surface area contributed by atoms with Crippen molar-refractivity contribution in [3.8, 4) is 0 Å². The van der Waals surface area contributed by atoms with E-state index in [0.717, 1.165) is 33.9 Å². The van der Waals surface area contributed by atoms with Crippen LogP contribution < -0.4 is 0 Å². The first kappa shape index (κ1) is 13.1. The molecule has 1 heterocycles. The summed E-state index contributed by atoms with van der Waals surface area (Å²) in [5.41, 5.74) is 1.75. The van der Waals surface area contributed by atoms with Gasteiger partial charge in [0.2, 0.25) is 0 Å². The van der Waals surface area contributed by atoms with Crippen molar-refractivity contribution in [3.63, 3.8) is 0 Å². The molecule has 3 rings (SSSR count). The lowest BCUT2D eigenvalue weighted by Crippen LogP contribution is -2.17. The minimum absolute atomic E-state index is 0.360. The lowest BCUT2D eigenvalue weighted by Gasteiger charge is -2.26. The van der Waals surface area contributed by atoms with Crippen molar-refractivity contribution in [3.05, 3.63) is 40.5 Å². The van der Waals surface area contributed by atoms with Crippen LogP contribution in [0.1, 0.15) is 43.9 Å². The van der Waals surface area contributed by atoms with Crippen LogP contribution in [0.25, 0.3) is 10.9 Å². The van der Waals surface area contributed by atoms with Crippen molar-refractivity contribution in [2.45, 2.75) is 38.2 Å². The van der Waals surface area contributed by atoms with Crippen LogP contribution in [0.15, 0.2) is 34.8 Å². The molecule has 1 saturated carbocycles. The van der Waals surface area contributed by atoms with Gasteiger partial charge in [0.15, 0.2) is 0 Å². The number of hydrogen-bond acceptors (Lipinski definition) is 2. The number of para-hydroxylation sites is 1. The summed E-state index contributed by atoms with van der Waals surface area (Å²) in [5.74, 6) is 0.360. The largest absolute Gasteiger partial charge is 0.386 e. The van der Waals surface area contributed by atoms with Gasteiger partial charge in [0.25, 0.3) is 0 Å². The Morgan fingerprint density at radius 1 is 1.16 bits per heavy atom. The predicted octanol–water partition coefficient (Wildman–Crippen LogP) is 4.61. The summed E-state index contributed by atoms with van der Waals surface area (Å²) in [5, 5.41) is 11.7. The monoisotopic (exact) mass is 319 g/mol. The Bertz CT molecular complexity index is 578. The van der Waals surface area contributed by atoms with E-state index in [9.17, 15) is 5.11 Å². The number of aliphatic hydroxyl groups is 1. The highest BCUT2D eigenvalue weighted by atomic mass is 79.9. The van der Waals surface area contributed by atoms with Crippen molar-refractivity contribution in [2.24, 2.45) is 5.92 Å². The molecule has 0 radical (unpaired) electrons. The molecule has 2 nitrogen and oxygen atoms in total. The van der Waals surface area contributed by atoms with Gasteiger partial charge in [0, 0.05) is 9.86 Å². The van der Waals surface area contributed by atoms with Crippen molar-refractivity contribution in [2.75, 3.05) is 0 Å². The van der Waals surface area contributed by atoms with E-state index in [1.54, 1.807) is 0 Å². The van der Waals surface area contributed by atoms with E-state index in [1.165, 1.54) is 19.3 Å². The maximum absolute atomic E-state index is 10.6. The number of aliphatic hydroxyl groups excluding tert-OH is 1. The topological polar surface area (TPSA) is 33.1 Å². The molecule has 1 aromatic heterocycles. The quantitative estimate of drug-likeness (QED) is 0.876. The zero-order valence-corrected chi connectivity index (χ0v) is 12.4. The summed E-state index contributed by atoms with van der Waals surface area (Å²) in [6, 6.07) is 10.1. The molecule has 1 N–H and O–H groups in total. The molecule has 1 unspecified atom stereocenters. The average molecular weight is 320 g/mol. The Hall–Kier alpha value is -0.930. The number of fused-ring (bicyclic) bond motifs is 1. The van der Waals surface area contributed by atoms with Gasteiger partial charge in [-0.2, -0.15) is 0 Å². The van der Waals surface area contributed by atoms with Crippen LogP contribution in [0.4, 0.5) is 0 Å². The SMILES string of the molecule is OC(c1nc2ccccc2cc1Br)C1CCCCC1. The Morgan fingerprint density at radius 3 is 2.68 bits per heavy atom. The Balaban J connectivity index is 1.96. The summed E-state index contributed by atoms with van der Waals surface area (Å²) in [7, 11) is 0. The van der Waals surface area contributed by atoms with Crippen LogP contribution in [0.3, 0.4) is 0 Å². The first-order chi connectivity index (χ1) is 9.25. The molecule has 3 heteroatoms. The van der Waals surface area contributed by atoms with Gasteiger partial charge in [0.1, 0.15) is 0 Å². The average Bonchev–Trinajstić information content (AvgIpc) is 2.47. The summed E-state index contributed by atoms with van der Waals surface area (Å²) in [6.07, 6.45) is 5.54. The summed E-state index contributed by atoms with van der Waals surface area (Å²) < 4.78 is 0.921. The van der Waals surface area contributed by atoms with Crippen LogP contribution in [-0.2, 0) is 0 Å². The maximum atomic E-state index is 10.6. The summed E-state index contributed by atoms with van der Waals surface area (Å²) in [4.78, 5) is 4.65. The molecule has 0 amide bonds. The van der Waals surface area contributed by atoms with Crippen molar-refractivity contribution in [1.82, 2.24) is 4.98 Å². The van der Waals surface area contributed by atoms with E-state index in [-0.39, 0.29) is 0 Å². The van der Waals surface area contributed by atoms with E-state index in [1.807, 2.05) is 24.3 Å². The molecule has 1 aliphatic rings. The third-order valence-electron chi connectivity index (χ3n) is 4.08. The normalized spacial score (nSPS) is 18.6. The van der Waals surface area contributed by atoms with Crippen LogP contribution in [0.2, 0.25) is 0 Å². The van der Waals surface area contributed by atoms with Crippen molar-refractivity contribution >= 4 is 26.8 Å². The second kappa shape index (κ2) is 5.59. The second-order valence-corrected chi connectivity index (χ2v) is 6.25. The predicted molar refractivity (Wildman–Crippen MR) is 81.0 cm³/mol. The molecule has 1 fully saturated rings. The van der Waals surface area contributed by atoms with E-state index in [0.29, 0.717) is 5.92 Å². The number of benzene rings is 1. The molecular weight excluding hydrogens is 302 g/mol. The third-order valence-corrected chi connectivity index (χ3v) is 4.72. The van der Waals surface area contributed by atoms with Gasteiger partial charge >= 0.3 is 0 Å². The number of rotatable bonds is 2. The Labute approximate surface area is 122 Å². The molecule has 0 saturated heterocycles. The first-order valence-electron chi connectivity index (χ1n) is 6.99. The van der Waals surface area contributed by atoms with Gasteiger partial charge in [-0.25, -0.2) is 4.98 Å². The standard InChI is InChI=1S/C16H18BrNO/c17-13-10-12-8-4-5-9-14(12)18-15(13)16(19)11-6-2-1-3-7-11/h4-5,8-11,16,19H,1-3,6-7H2. The van der Waals surface area contributed by atoms with E-state index in [2.05, 4.69) is 27.0 Å². The van der Waals surface area contributed by atoms with E-state index >= 15 is 0 Å². The van der Waals surface area contributed by atoms with Gasteiger partial charge in [0.05, 0.1) is 17.3 Å². The van der Waals surface area contributed by atoms with Gasteiger partial charge in [-0.15, -0.1) is 0 Å². The fraction of sp³-hybridized carbons (Fsp3) is 0.438. The molecule has 1 aromatic carbocycles. The van der Waals surface area contributed by atoms with E-state index < -0.39 is 6.10 Å². The van der Waals surface area contributed by atoms with Crippen LogP contribution in [0.5, 0.6) is 0 Å². The highest BCUT2D eigenvalue weighted by Crippen LogP contribution is 2.37. The zero-order chi connectivity index (χ0) is 13.2. The van der Waals surface area contributed by atoms with Crippen molar-refractivity contribution < 1.29 is 5.11 Å². The zero-order valence-electron chi connectivity index (χ0n) is 10.8. The Morgan fingerprint density at radius 2 is 1.89 bits per heavy atom. The number of hydrogen-bond donors (Lipinski definition) is 1. The maximum Gasteiger partial charge on any atom is 0.0999 e. The molecule has 100 valence electrons. The van der Waals surface area contributed by atoms with Gasteiger partial charge in [-0.1, -0.05) is 37.5 Å². The molecule has 0 spiro atoms. The lowest BCUT2D eigenvalue weighted by atomic mass is 9.84. The fourth-order valence-electron chi connectivity index (χ4n) is 2.99. The minimum atomic E-state index is -0.445. The smallest absolute Gasteiger partial charge is 0.0999 e. The van der Waals surface area contributed by atoms with Crippen LogP contribution in [-0.4, -0.2) is 10.1 Å². The lowest BCUT2D eigenvalue weighted by molar-refractivity contribution is 0.0808. The number of nitrogens with zero attached hydrogens (tertiary/aromatic N) is 1. The van der Waals surface area contributed by atoms with Crippen LogP contribution >= 0.6 is 15.9 Å². The first-order valence-corrected chi connectivity index (χ1v) is 7.78.